The Bertz CT molecular complexity index is 1240. The molecule has 0 saturated carbocycles. The Labute approximate surface area is 218 Å². The first-order chi connectivity index (χ1) is 16.3. The van der Waals surface area contributed by atoms with Crippen molar-refractivity contribution >= 4 is 10.1 Å². The Kier molecular flexibility index (Phi) is 9.34. The third-order valence-electron chi connectivity index (χ3n) is 5.06. The van der Waals surface area contributed by atoms with Crippen LogP contribution in [0.4, 0.5) is 22.0 Å². The maximum atomic E-state index is 12.6. The van der Waals surface area contributed by atoms with E-state index in [1.54, 1.807) is 0 Å². The van der Waals surface area contributed by atoms with Gasteiger partial charge in [0, 0.05) is 0 Å². The lowest BCUT2D eigenvalue weighted by molar-refractivity contribution is -0.597. The highest BCUT2D eigenvalue weighted by Gasteiger charge is 2.29. The van der Waals surface area contributed by atoms with Gasteiger partial charge in [-0.05, 0) is 46.2 Å². The molecule has 0 aliphatic heterocycles. The lowest BCUT2D eigenvalue weighted by atomic mass is 9.87. The fraction of sp³-hybridized carbons (Fsp3) is 0.308. The van der Waals surface area contributed by atoms with E-state index in [4.69, 9.17) is 0 Å². The summed E-state index contributed by atoms with van der Waals surface area (Å²) in [5.74, 6) is -12.8. The van der Waals surface area contributed by atoms with Crippen molar-refractivity contribution in [2.45, 2.75) is 57.3 Å². The van der Waals surface area contributed by atoms with Crippen LogP contribution in [-0.4, -0.2) is 13.0 Å². The van der Waals surface area contributed by atoms with Gasteiger partial charge in [-0.15, -0.1) is 0 Å². The first-order valence-corrected chi connectivity index (χ1v) is 14.2. The van der Waals surface area contributed by atoms with Gasteiger partial charge in [0.1, 0.15) is 15.0 Å². The zero-order valence-electron chi connectivity index (χ0n) is 20.5. The highest BCUT2D eigenvalue weighted by atomic mass is 127. The van der Waals surface area contributed by atoms with Gasteiger partial charge in [-0.3, -0.25) is 0 Å². The highest BCUT2D eigenvalue weighted by Crippen LogP contribution is 2.26. The van der Waals surface area contributed by atoms with Crippen molar-refractivity contribution in [3.05, 3.63) is 95.9 Å². The summed E-state index contributed by atoms with van der Waals surface area (Å²) < 4.78 is 95.9. The smallest absolute Gasteiger partial charge is 0.357 e. The van der Waals surface area contributed by atoms with Crippen LogP contribution in [0.1, 0.15) is 52.7 Å². The second-order valence-electron chi connectivity index (χ2n) is 9.96. The molecule has 0 atom stereocenters. The largest absolute Gasteiger partial charge is 0.744 e. The molecule has 0 spiro atoms. The Morgan fingerprint density at radius 1 is 0.583 bits per heavy atom. The van der Waals surface area contributed by atoms with Crippen molar-refractivity contribution in [1.82, 2.24) is 0 Å². The van der Waals surface area contributed by atoms with Gasteiger partial charge in [-0.25, -0.2) is 30.4 Å². The predicted octanol–water partition coefficient (Wildman–Crippen LogP) is 3.70. The second-order valence-corrected chi connectivity index (χ2v) is 14.3. The van der Waals surface area contributed by atoms with E-state index >= 15 is 0 Å². The van der Waals surface area contributed by atoms with Crippen molar-refractivity contribution < 1.29 is 56.1 Å². The van der Waals surface area contributed by atoms with Crippen LogP contribution in [0.3, 0.4) is 0 Å². The highest BCUT2D eigenvalue weighted by molar-refractivity contribution is 7.85. The van der Waals surface area contributed by atoms with Gasteiger partial charge >= 0.3 is 21.2 Å². The number of hydrogen-bond acceptors (Lipinski definition) is 3. The Hall–Kier alpha value is -2.05. The molecule has 0 bridgehead atoms. The van der Waals surface area contributed by atoms with Crippen LogP contribution >= 0.6 is 0 Å². The Balaban J connectivity index is 0.000000269. The first kappa shape index (κ1) is 30.2. The molecule has 3 nitrogen and oxygen atoms in total. The van der Waals surface area contributed by atoms with Crippen molar-refractivity contribution in [3.63, 3.8) is 0 Å². The monoisotopic (exact) mass is 640 g/mol. The van der Waals surface area contributed by atoms with Gasteiger partial charge in [0.25, 0.3) is 0 Å². The van der Waals surface area contributed by atoms with E-state index in [-0.39, 0.29) is 32.0 Å². The second kappa shape index (κ2) is 11.1. The van der Waals surface area contributed by atoms with Crippen LogP contribution < -0.4 is 21.2 Å². The molecule has 0 radical (unpaired) electrons. The maximum Gasteiger partial charge on any atom is 0.357 e. The molecule has 3 rings (SSSR count). The lowest BCUT2D eigenvalue weighted by Gasteiger charge is -2.18. The standard InChI is InChI=1S/C20H26I.C6HF5O3S/c1-19(2,3)15-7-11-17(12-8-15)21-18-13-9-16(10-14-18)20(4,5)6;7-1-2(8)4(10)6(15(12,13)14)5(11)3(1)9/h7-14H,1-6H3;(H,12,13,14)/q+1;/p-1. The van der Waals surface area contributed by atoms with Crippen LogP contribution in [0.2, 0.25) is 0 Å². The number of halogens is 6. The van der Waals surface area contributed by atoms with E-state index < -0.39 is 44.1 Å². The number of hydrogen-bond donors (Lipinski definition) is 0. The van der Waals surface area contributed by atoms with Crippen molar-refractivity contribution in [2.24, 2.45) is 0 Å². The van der Waals surface area contributed by atoms with Crippen LogP contribution in [0, 0.1) is 36.2 Å². The van der Waals surface area contributed by atoms with Gasteiger partial charge in [0.05, 0.1) is 0 Å². The Morgan fingerprint density at radius 3 is 1.11 bits per heavy atom. The van der Waals surface area contributed by atoms with Gasteiger partial charge in [-0.2, -0.15) is 0 Å². The summed E-state index contributed by atoms with van der Waals surface area (Å²) >= 11 is -0.0703. The average Bonchev–Trinajstić information content (AvgIpc) is 2.75. The van der Waals surface area contributed by atoms with Gasteiger partial charge < -0.3 is 4.55 Å². The first-order valence-electron chi connectivity index (χ1n) is 10.7. The molecule has 0 aliphatic rings. The third kappa shape index (κ3) is 7.48. The average molecular weight is 640 g/mol. The van der Waals surface area contributed by atoms with Crippen LogP contribution in [0.5, 0.6) is 0 Å². The van der Waals surface area contributed by atoms with Gasteiger partial charge in [0.2, 0.25) is 5.82 Å². The molecule has 196 valence electrons. The molecule has 36 heavy (non-hydrogen) atoms. The van der Waals surface area contributed by atoms with Crippen molar-refractivity contribution in [1.29, 1.82) is 0 Å². The van der Waals surface area contributed by atoms with Crippen LogP contribution in [-0.2, 0) is 20.9 Å². The third-order valence-corrected chi connectivity index (χ3v) is 8.60. The van der Waals surface area contributed by atoms with Gasteiger partial charge in [-0.1, -0.05) is 65.8 Å². The summed E-state index contributed by atoms with van der Waals surface area (Å²) in [5.41, 5.74) is 3.31. The van der Waals surface area contributed by atoms with E-state index in [1.165, 1.54) is 18.3 Å². The summed E-state index contributed by atoms with van der Waals surface area (Å²) in [6.07, 6.45) is 0. The fourth-order valence-electron chi connectivity index (χ4n) is 2.96. The molecule has 0 fully saturated rings. The number of benzene rings is 3. The summed E-state index contributed by atoms with van der Waals surface area (Å²) in [4.78, 5) is -2.38. The molecule has 10 heteroatoms. The molecular formula is C26H26F5IO3S. The summed E-state index contributed by atoms with van der Waals surface area (Å²) in [7, 11) is -5.77. The van der Waals surface area contributed by atoms with E-state index in [0.717, 1.165) is 0 Å². The van der Waals surface area contributed by atoms with E-state index in [2.05, 4.69) is 90.1 Å². The quantitative estimate of drug-likeness (QED) is 0.144. The minimum Gasteiger partial charge on any atom is -0.744 e. The zero-order valence-corrected chi connectivity index (χ0v) is 23.5. The zero-order chi connectivity index (χ0) is 27.6. The van der Waals surface area contributed by atoms with Gasteiger partial charge in [0.15, 0.2) is 30.4 Å². The molecule has 0 aromatic heterocycles. The van der Waals surface area contributed by atoms with Crippen LogP contribution in [0.15, 0.2) is 53.4 Å². The fourth-order valence-corrected chi connectivity index (χ4v) is 5.73. The molecule has 0 aliphatic carbocycles. The SMILES string of the molecule is CC(C)(C)c1ccc([I+]c2ccc(C(C)(C)C)cc2)cc1.O=S(=O)([O-])c1c(F)c(F)c(F)c(F)c1F. The van der Waals surface area contributed by atoms with E-state index in [9.17, 15) is 34.9 Å². The van der Waals surface area contributed by atoms with E-state index in [1.807, 2.05) is 0 Å². The van der Waals surface area contributed by atoms with Crippen molar-refractivity contribution in [3.8, 4) is 0 Å². The molecular weight excluding hydrogens is 614 g/mol. The molecule has 0 heterocycles. The molecule has 3 aromatic rings. The number of rotatable bonds is 3. The molecule has 0 N–H and O–H groups in total. The normalized spacial score (nSPS) is 12.2. The summed E-state index contributed by atoms with van der Waals surface area (Å²) in [5, 5.41) is 0. The van der Waals surface area contributed by atoms with Crippen LogP contribution in [0.25, 0.3) is 0 Å². The molecule has 3 aromatic carbocycles. The Morgan fingerprint density at radius 2 is 0.861 bits per heavy atom. The summed E-state index contributed by atoms with van der Waals surface area (Å²) in [6.45, 7) is 13.6. The lowest BCUT2D eigenvalue weighted by Crippen LogP contribution is -3.61. The minimum atomic E-state index is -5.77. The minimum absolute atomic E-state index is 0.0703. The molecule has 0 amide bonds. The van der Waals surface area contributed by atoms with E-state index in [0.29, 0.717) is 0 Å². The summed E-state index contributed by atoms with van der Waals surface area (Å²) in [6, 6.07) is 18.4. The van der Waals surface area contributed by atoms with Crippen molar-refractivity contribution in [2.75, 3.05) is 0 Å². The maximum absolute atomic E-state index is 12.6. The molecule has 0 unspecified atom stereocenters. The topological polar surface area (TPSA) is 57.2 Å². The molecule has 0 saturated heterocycles. The predicted molar refractivity (Wildman–Crippen MR) is 122 cm³/mol.